The quantitative estimate of drug-likeness (QED) is 0.797. The van der Waals surface area contributed by atoms with Gasteiger partial charge in [0, 0.05) is 6.04 Å². The van der Waals surface area contributed by atoms with Crippen LogP contribution in [-0.4, -0.2) is 26.8 Å². The van der Waals surface area contributed by atoms with Gasteiger partial charge in [-0.3, -0.25) is 0 Å². The highest BCUT2D eigenvalue weighted by molar-refractivity contribution is 7.91. The number of hydrogen-bond acceptors (Lipinski definition) is 3. The molecule has 0 saturated heterocycles. The minimum Gasteiger partial charge on any atom is -0.314 e. The summed E-state index contributed by atoms with van der Waals surface area (Å²) in [5.41, 5.74) is 0.469. The fourth-order valence-electron chi connectivity index (χ4n) is 2.50. The van der Waals surface area contributed by atoms with Crippen molar-refractivity contribution in [2.24, 2.45) is 0 Å². The summed E-state index contributed by atoms with van der Waals surface area (Å²) in [5, 5.41) is 3.31. The molecule has 0 heterocycles. The molecule has 1 aromatic carbocycles. The third-order valence-corrected chi connectivity index (χ3v) is 5.07. The standard InChI is InChI=1S/C15H23F2NO2S/c1-4-10-18-11(3)12(5-2)13-8-6-7-9-14(13)21(19,20)15(16)17/h6-9,11-12,15,18H,4-5,10H2,1-3H3. The molecule has 0 fully saturated rings. The molecule has 0 aliphatic heterocycles. The summed E-state index contributed by atoms with van der Waals surface area (Å²) in [6.45, 7) is 6.73. The van der Waals surface area contributed by atoms with Crippen LogP contribution in [0.5, 0.6) is 0 Å². The van der Waals surface area contributed by atoms with Gasteiger partial charge in [-0.05, 0) is 43.9 Å². The smallest absolute Gasteiger partial charge is 0.314 e. The van der Waals surface area contributed by atoms with Crippen molar-refractivity contribution in [2.75, 3.05) is 6.54 Å². The number of hydrogen-bond donors (Lipinski definition) is 1. The van der Waals surface area contributed by atoms with E-state index in [2.05, 4.69) is 5.32 Å². The van der Waals surface area contributed by atoms with E-state index in [0.717, 1.165) is 13.0 Å². The number of nitrogens with one attached hydrogen (secondary N) is 1. The maximum atomic E-state index is 12.8. The van der Waals surface area contributed by atoms with Crippen molar-refractivity contribution in [1.29, 1.82) is 0 Å². The van der Waals surface area contributed by atoms with Crippen molar-refractivity contribution in [1.82, 2.24) is 5.32 Å². The molecule has 1 aromatic rings. The average Bonchev–Trinajstić information content (AvgIpc) is 2.46. The first-order chi connectivity index (χ1) is 9.86. The lowest BCUT2D eigenvalue weighted by molar-refractivity contribution is 0.234. The molecule has 0 amide bonds. The number of sulfone groups is 1. The minimum absolute atomic E-state index is 0.0176. The Balaban J connectivity index is 3.23. The van der Waals surface area contributed by atoms with Crippen LogP contribution < -0.4 is 5.32 Å². The van der Waals surface area contributed by atoms with Crippen molar-refractivity contribution < 1.29 is 17.2 Å². The number of rotatable bonds is 8. The third-order valence-electron chi connectivity index (χ3n) is 3.62. The predicted octanol–water partition coefficient (Wildman–Crippen LogP) is 3.56. The molecule has 0 spiro atoms. The normalized spacial score (nSPS) is 15.1. The fourth-order valence-corrected chi connectivity index (χ4v) is 3.51. The Hall–Kier alpha value is -1.01. The Morgan fingerprint density at radius 1 is 1.19 bits per heavy atom. The molecular weight excluding hydrogens is 296 g/mol. The number of alkyl halides is 2. The summed E-state index contributed by atoms with van der Waals surface area (Å²) < 4.78 is 49.4. The lowest BCUT2D eigenvalue weighted by Crippen LogP contribution is -2.33. The van der Waals surface area contributed by atoms with Crippen molar-refractivity contribution >= 4 is 9.84 Å². The first kappa shape index (κ1) is 18.0. The molecule has 0 radical (unpaired) electrons. The Labute approximate surface area is 125 Å². The Morgan fingerprint density at radius 2 is 1.81 bits per heavy atom. The average molecular weight is 319 g/mol. The van der Waals surface area contributed by atoms with E-state index in [1.165, 1.54) is 12.1 Å². The van der Waals surface area contributed by atoms with Crippen LogP contribution in [0.2, 0.25) is 0 Å². The zero-order chi connectivity index (χ0) is 16.0. The van der Waals surface area contributed by atoms with Crippen LogP contribution >= 0.6 is 0 Å². The summed E-state index contributed by atoms with van der Waals surface area (Å²) in [5.74, 6) is -3.52. The molecule has 2 unspecified atom stereocenters. The lowest BCUT2D eigenvalue weighted by atomic mass is 9.90. The Bertz CT molecular complexity index is 546. The van der Waals surface area contributed by atoms with Gasteiger partial charge in [-0.1, -0.05) is 32.0 Å². The molecule has 6 heteroatoms. The molecule has 1 N–H and O–H groups in total. The Kier molecular flexibility index (Phi) is 6.74. The molecule has 0 aromatic heterocycles. The van der Waals surface area contributed by atoms with E-state index in [0.29, 0.717) is 12.0 Å². The van der Waals surface area contributed by atoms with E-state index in [-0.39, 0.29) is 16.9 Å². The van der Waals surface area contributed by atoms with Crippen LogP contribution in [0.25, 0.3) is 0 Å². The number of benzene rings is 1. The first-order valence-corrected chi connectivity index (χ1v) is 8.75. The van der Waals surface area contributed by atoms with Gasteiger partial charge in [0.25, 0.3) is 0 Å². The van der Waals surface area contributed by atoms with Gasteiger partial charge < -0.3 is 5.32 Å². The summed E-state index contributed by atoms with van der Waals surface area (Å²) in [6, 6.07) is 6.09. The fraction of sp³-hybridized carbons (Fsp3) is 0.600. The number of halogens is 2. The second-order valence-electron chi connectivity index (χ2n) is 5.10. The van der Waals surface area contributed by atoms with Crippen LogP contribution in [0.15, 0.2) is 29.2 Å². The molecule has 2 atom stereocenters. The van der Waals surface area contributed by atoms with Crippen LogP contribution in [0.1, 0.15) is 45.1 Å². The van der Waals surface area contributed by atoms with Gasteiger partial charge in [-0.15, -0.1) is 0 Å². The van der Waals surface area contributed by atoms with Crippen molar-refractivity contribution in [2.45, 2.75) is 56.2 Å². The van der Waals surface area contributed by atoms with E-state index < -0.39 is 15.6 Å². The molecule has 120 valence electrons. The highest BCUT2D eigenvalue weighted by Crippen LogP contribution is 2.31. The van der Waals surface area contributed by atoms with Gasteiger partial charge in [-0.25, -0.2) is 8.42 Å². The van der Waals surface area contributed by atoms with Crippen LogP contribution in [0, 0.1) is 0 Å². The van der Waals surface area contributed by atoms with Crippen LogP contribution in [0.3, 0.4) is 0 Å². The van der Waals surface area contributed by atoms with Gasteiger partial charge in [0.1, 0.15) is 0 Å². The summed E-state index contributed by atoms with van der Waals surface area (Å²) >= 11 is 0. The van der Waals surface area contributed by atoms with Crippen LogP contribution in [-0.2, 0) is 9.84 Å². The molecule has 0 saturated carbocycles. The molecule has 0 bridgehead atoms. The highest BCUT2D eigenvalue weighted by Gasteiger charge is 2.31. The van der Waals surface area contributed by atoms with Crippen molar-refractivity contribution in [3.8, 4) is 0 Å². The molecule has 0 aliphatic rings. The van der Waals surface area contributed by atoms with Gasteiger partial charge in [-0.2, -0.15) is 8.78 Å². The largest absolute Gasteiger partial charge is 0.341 e. The van der Waals surface area contributed by atoms with Gasteiger partial charge >= 0.3 is 5.76 Å². The van der Waals surface area contributed by atoms with Crippen molar-refractivity contribution in [3.05, 3.63) is 29.8 Å². The molecule has 1 rings (SSSR count). The minimum atomic E-state index is -4.58. The Morgan fingerprint density at radius 3 is 2.33 bits per heavy atom. The van der Waals surface area contributed by atoms with E-state index in [4.69, 9.17) is 0 Å². The summed E-state index contributed by atoms with van der Waals surface area (Å²) in [7, 11) is -4.58. The monoisotopic (exact) mass is 319 g/mol. The SMILES string of the molecule is CCCNC(C)C(CC)c1ccccc1S(=O)(=O)C(F)F. The predicted molar refractivity (Wildman–Crippen MR) is 80.4 cm³/mol. The van der Waals surface area contributed by atoms with E-state index in [1.54, 1.807) is 12.1 Å². The van der Waals surface area contributed by atoms with Gasteiger partial charge in [0.2, 0.25) is 9.84 Å². The second kappa shape index (κ2) is 7.84. The molecule has 3 nitrogen and oxygen atoms in total. The third kappa shape index (κ3) is 4.23. The molecule has 21 heavy (non-hydrogen) atoms. The molecular formula is C15H23F2NO2S. The second-order valence-corrected chi connectivity index (χ2v) is 6.99. The molecule has 0 aliphatic carbocycles. The topological polar surface area (TPSA) is 46.2 Å². The highest BCUT2D eigenvalue weighted by atomic mass is 32.2. The van der Waals surface area contributed by atoms with E-state index in [9.17, 15) is 17.2 Å². The summed E-state index contributed by atoms with van der Waals surface area (Å²) in [6.07, 6.45) is 1.63. The lowest BCUT2D eigenvalue weighted by Gasteiger charge is -2.26. The zero-order valence-electron chi connectivity index (χ0n) is 12.6. The van der Waals surface area contributed by atoms with Gasteiger partial charge in [0.05, 0.1) is 4.90 Å². The van der Waals surface area contributed by atoms with E-state index >= 15 is 0 Å². The van der Waals surface area contributed by atoms with Gasteiger partial charge in [0.15, 0.2) is 0 Å². The van der Waals surface area contributed by atoms with E-state index in [1.807, 2.05) is 20.8 Å². The first-order valence-electron chi connectivity index (χ1n) is 7.20. The maximum Gasteiger partial charge on any atom is 0.341 e. The zero-order valence-corrected chi connectivity index (χ0v) is 13.5. The maximum absolute atomic E-state index is 12.8. The summed E-state index contributed by atoms with van der Waals surface area (Å²) in [4.78, 5) is -0.253. The van der Waals surface area contributed by atoms with Crippen molar-refractivity contribution in [3.63, 3.8) is 0 Å². The van der Waals surface area contributed by atoms with Crippen LogP contribution in [0.4, 0.5) is 8.78 Å².